The van der Waals surface area contributed by atoms with Crippen LogP contribution < -0.4 is 32.9 Å². The van der Waals surface area contributed by atoms with Gasteiger partial charge in [-0.2, -0.15) is 0 Å². The van der Waals surface area contributed by atoms with Gasteiger partial charge >= 0.3 is 5.97 Å². The molecule has 0 aliphatic heterocycles. The van der Waals surface area contributed by atoms with E-state index in [-0.39, 0.29) is 23.1 Å². The number of carboxylic acid groups (broad SMARTS) is 1. The van der Waals surface area contributed by atoms with Gasteiger partial charge < -0.3 is 22.1 Å². The van der Waals surface area contributed by atoms with Gasteiger partial charge in [-0.1, -0.05) is 54.6 Å². The van der Waals surface area contributed by atoms with Crippen LogP contribution in [0.25, 0.3) is 0 Å². The number of alkyl halides is 2. The van der Waals surface area contributed by atoms with Crippen LogP contribution in [0.2, 0.25) is 0 Å². The van der Waals surface area contributed by atoms with Crippen LogP contribution in [0, 0.1) is 0 Å². The molecule has 3 aromatic rings. The van der Waals surface area contributed by atoms with E-state index in [0.29, 0.717) is 0 Å². The molecule has 152 valence electrons. The van der Waals surface area contributed by atoms with Crippen molar-refractivity contribution in [2.45, 2.75) is 18.8 Å². The molecule has 3 rings (SSSR count). The summed E-state index contributed by atoms with van der Waals surface area (Å²) in [6, 6.07) is 29.2. The van der Waals surface area contributed by atoms with Crippen LogP contribution in [0.1, 0.15) is 12.8 Å². The summed E-state index contributed by atoms with van der Waals surface area (Å²) >= 11 is 0. The maximum atomic E-state index is 14.4. The molecule has 0 aliphatic rings. The first-order valence-corrected chi connectivity index (χ1v) is 11.1. The highest BCUT2D eigenvalue weighted by atomic mass is 79.9. The quantitative estimate of drug-likeness (QED) is 0.498. The average Bonchev–Trinajstić information content (AvgIpc) is 2.70. The van der Waals surface area contributed by atoms with Crippen LogP contribution >= 0.6 is 7.26 Å². The molecule has 1 N–H and O–H groups in total. The van der Waals surface area contributed by atoms with Crippen LogP contribution in [0.5, 0.6) is 0 Å². The normalized spacial score (nSPS) is 11.5. The predicted octanol–water partition coefficient (Wildman–Crippen LogP) is 1.48. The first-order chi connectivity index (χ1) is 13.4. The minimum Gasteiger partial charge on any atom is -1.00 e. The van der Waals surface area contributed by atoms with Gasteiger partial charge in [-0.05, 0) is 36.4 Å². The van der Waals surface area contributed by atoms with Gasteiger partial charge in [-0.3, -0.25) is 4.79 Å². The Balaban J connectivity index is 0.00000300. The van der Waals surface area contributed by atoms with Crippen molar-refractivity contribution in [3.63, 3.8) is 0 Å². The third kappa shape index (κ3) is 5.49. The van der Waals surface area contributed by atoms with Crippen LogP contribution in [0.15, 0.2) is 91.0 Å². The summed E-state index contributed by atoms with van der Waals surface area (Å²) in [5, 5.41) is 11.9. The number of hydrogen-bond acceptors (Lipinski definition) is 1. The Bertz CT molecular complexity index is 809. The zero-order valence-electron chi connectivity index (χ0n) is 15.7. The molecule has 0 saturated heterocycles. The van der Waals surface area contributed by atoms with Crippen molar-refractivity contribution in [1.82, 2.24) is 0 Å². The molecule has 0 radical (unpaired) electrons. The lowest BCUT2D eigenvalue weighted by Crippen LogP contribution is -3.00. The maximum absolute atomic E-state index is 14.4. The summed E-state index contributed by atoms with van der Waals surface area (Å²) in [4.78, 5) is 10.9. The van der Waals surface area contributed by atoms with E-state index in [4.69, 9.17) is 5.11 Å². The number of aliphatic carboxylic acids is 1. The molecule has 2 nitrogen and oxygen atoms in total. The van der Waals surface area contributed by atoms with E-state index in [9.17, 15) is 13.6 Å². The van der Waals surface area contributed by atoms with Gasteiger partial charge in [-0.25, -0.2) is 8.78 Å². The van der Waals surface area contributed by atoms with E-state index in [1.165, 1.54) is 0 Å². The zero-order valence-corrected chi connectivity index (χ0v) is 18.2. The van der Waals surface area contributed by atoms with Crippen molar-refractivity contribution >= 4 is 29.1 Å². The highest BCUT2D eigenvalue weighted by Crippen LogP contribution is 2.56. The summed E-state index contributed by atoms with van der Waals surface area (Å²) < 4.78 is 28.8. The predicted molar refractivity (Wildman–Crippen MR) is 112 cm³/mol. The van der Waals surface area contributed by atoms with Gasteiger partial charge in [0, 0.05) is 6.42 Å². The van der Waals surface area contributed by atoms with Gasteiger partial charge in [-0.15, -0.1) is 0 Å². The fourth-order valence-electron chi connectivity index (χ4n) is 3.52. The Kier molecular flexibility index (Phi) is 8.06. The molecule has 0 saturated carbocycles. The second kappa shape index (κ2) is 10.1. The second-order valence-electron chi connectivity index (χ2n) is 6.72. The van der Waals surface area contributed by atoms with Crippen LogP contribution in [-0.2, 0) is 4.79 Å². The first kappa shape index (κ1) is 23.2. The lowest BCUT2D eigenvalue weighted by atomic mass is 10.2. The van der Waals surface area contributed by atoms with E-state index in [1.54, 1.807) is 0 Å². The number of carboxylic acids is 1. The molecule has 29 heavy (non-hydrogen) atoms. The Labute approximate surface area is 180 Å². The summed E-state index contributed by atoms with van der Waals surface area (Å²) in [7, 11) is -2.37. The topological polar surface area (TPSA) is 37.3 Å². The summed E-state index contributed by atoms with van der Waals surface area (Å²) in [5.74, 6) is -4.73. The Morgan fingerprint density at radius 2 is 1.10 bits per heavy atom. The summed E-state index contributed by atoms with van der Waals surface area (Å²) in [6.45, 7) is 0. The molecule has 0 bridgehead atoms. The van der Waals surface area contributed by atoms with Crippen molar-refractivity contribution in [3.8, 4) is 0 Å². The molecular weight excluding hydrogens is 457 g/mol. The zero-order chi connectivity index (χ0) is 20.0. The molecule has 6 heteroatoms. The molecule has 0 fully saturated rings. The lowest BCUT2D eigenvalue weighted by molar-refractivity contribution is -0.144. The number of hydrogen-bond donors (Lipinski definition) is 1. The minimum atomic E-state index is -3.25. The molecule has 0 aliphatic carbocycles. The third-order valence-corrected chi connectivity index (χ3v) is 9.25. The molecular formula is C23H22BrF2O2P. The number of benzene rings is 3. The molecule has 0 amide bonds. The molecule has 0 atom stereocenters. The fraction of sp³-hybridized carbons (Fsp3) is 0.174. The molecule has 0 spiro atoms. The van der Waals surface area contributed by atoms with E-state index >= 15 is 0 Å². The van der Waals surface area contributed by atoms with Gasteiger partial charge in [0.25, 0.3) is 5.92 Å². The minimum absolute atomic E-state index is 0. The third-order valence-electron chi connectivity index (χ3n) is 4.81. The number of halogens is 3. The molecule has 0 heterocycles. The van der Waals surface area contributed by atoms with E-state index in [1.807, 2.05) is 91.0 Å². The van der Waals surface area contributed by atoms with E-state index in [0.717, 1.165) is 15.9 Å². The SMILES string of the molecule is O=C(O)CC(F)(F)CC[P+](c1ccccc1)(c1ccccc1)c1ccccc1.[Br-]. The van der Waals surface area contributed by atoms with Gasteiger partial charge in [0.2, 0.25) is 0 Å². The molecule has 0 aromatic heterocycles. The Hall–Kier alpha value is -2.10. The summed E-state index contributed by atoms with van der Waals surface area (Å²) in [5.41, 5.74) is 0. The molecule has 0 unspecified atom stereocenters. The lowest BCUT2D eigenvalue weighted by Gasteiger charge is -2.29. The van der Waals surface area contributed by atoms with Crippen molar-refractivity contribution in [3.05, 3.63) is 91.0 Å². The van der Waals surface area contributed by atoms with Gasteiger partial charge in [0.1, 0.15) is 29.6 Å². The number of carbonyl (C=O) groups is 1. The first-order valence-electron chi connectivity index (χ1n) is 9.09. The van der Waals surface area contributed by atoms with E-state index in [2.05, 4.69) is 0 Å². The Morgan fingerprint density at radius 3 is 1.41 bits per heavy atom. The van der Waals surface area contributed by atoms with E-state index < -0.39 is 32.0 Å². The maximum Gasteiger partial charge on any atom is 0.309 e. The highest BCUT2D eigenvalue weighted by Gasteiger charge is 2.48. The van der Waals surface area contributed by atoms with Crippen LogP contribution in [0.4, 0.5) is 8.78 Å². The monoisotopic (exact) mass is 478 g/mol. The largest absolute Gasteiger partial charge is 1.00 e. The Morgan fingerprint density at radius 1 is 0.759 bits per heavy atom. The highest BCUT2D eigenvalue weighted by molar-refractivity contribution is 7.95. The summed E-state index contributed by atoms with van der Waals surface area (Å²) in [6.07, 6.45) is -1.43. The fourth-order valence-corrected chi connectivity index (χ4v) is 7.90. The van der Waals surface area contributed by atoms with Crippen molar-refractivity contribution in [2.75, 3.05) is 6.16 Å². The van der Waals surface area contributed by atoms with Crippen molar-refractivity contribution in [2.24, 2.45) is 0 Å². The average molecular weight is 479 g/mol. The smallest absolute Gasteiger partial charge is 0.309 e. The molecule has 3 aromatic carbocycles. The van der Waals surface area contributed by atoms with Crippen LogP contribution in [0.3, 0.4) is 0 Å². The van der Waals surface area contributed by atoms with Gasteiger partial charge in [0.15, 0.2) is 0 Å². The van der Waals surface area contributed by atoms with Crippen molar-refractivity contribution in [1.29, 1.82) is 0 Å². The van der Waals surface area contributed by atoms with Crippen molar-refractivity contribution < 1.29 is 35.7 Å². The van der Waals surface area contributed by atoms with Crippen LogP contribution in [-0.4, -0.2) is 23.2 Å². The standard InChI is InChI=1S/C23H21F2O2P.BrH/c24-23(25,18-22(26)27)16-17-28(19-10-4-1-5-11-19,20-12-6-2-7-13-20)21-14-8-3-9-15-21;/h1-15H,16-18H2;1H. The van der Waals surface area contributed by atoms with Gasteiger partial charge in [0.05, 0.1) is 6.16 Å². The number of rotatable bonds is 8. The second-order valence-corrected chi connectivity index (χ2v) is 10.3.